The third kappa shape index (κ3) is 10.2. The Hall–Kier alpha value is -4.45. The van der Waals surface area contributed by atoms with Gasteiger partial charge in [0.05, 0.1) is 38.1 Å². The molecule has 1 aliphatic carbocycles. The number of alkyl carbamates (subject to hydrolysis) is 1. The van der Waals surface area contributed by atoms with Crippen LogP contribution in [0.5, 0.6) is 11.5 Å². The Morgan fingerprint density at radius 2 is 1.69 bits per heavy atom. The number of amides is 3. The molecular weight excluding hydrogens is 723 g/mol. The van der Waals surface area contributed by atoms with Gasteiger partial charge in [-0.2, -0.15) is 0 Å². The van der Waals surface area contributed by atoms with Crippen LogP contribution in [0.1, 0.15) is 73.1 Å². The highest BCUT2D eigenvalue weighted by atomic mass is 31.2. The average molecular weight is 779 g/mol. The van der Waals surface area contributed by atoms with Gasteiger partial charge in [0.15, 0.2) is 0 Å². The Balaban J connectivity index is 1.50. The molecule has 1 aromatic heterocycles. The number of fused-ring (bicyclic) bond motifs is 1. The molecule has 14 heteroatoms. The summed E-state index contributed by atoms with van der Waals surface area (Å²) in [5.74, 6) is -0.962. The molecule has 0 bridgehead atoms. The maximum Gasteiger partial charge on any atom is 0.408 e. The van der Waals surface area contributed by atoms with Gasteiger partial charge < -0.3 is 38.8 Å². The Morgan fingerprint density at radius 1 is 1.00 bits per heavy atom. The van der Waals surface area contributed by atoms with E-state index >= 15 is 0 Å². The number of likely N-dealkylation sites (tertiary alicyclic amines) is 1. The largest absolute Gasteiger partial charge is 0.497 e. The zero-order valence-corrected chi connectivity index (χ0v) is 33.6. The fourth-order valence-electron chi connectivity index (χ4n) is 7.10. The molecular formula is C41H55N4O9P. The van der Waals surface area contributed by atoms with Crippen LogP contribution in [0.4, 0.5) is 4.79 Å². The van der Waals surface area contributed by atoms with E-state index in [9.17, 15) is 18.9 Å². The van der Waals surface area contributed by atoms with Gasteiger partial charge >= 0.3 is 13.7 Å². The number of carbonyl (C=O) groups excluding carboxylic acids is 3. The van der Waals surface area contributed by atoms with Crippen molar-refractivity contribution in [1.29, 1.82) is 0 Å². The molecule has 1 saturated heterocycles. The topological polar surface area (TPSA) is 155 Å². The van der Waals surface area contributed by atoms with E-state index < -0.39 is 54.9 Å². The number of pyridine rings is 1. The number of aromatic nitrogens is 1. The summed E-state index contributed by atoms with van der Waals surface area (Å²) in [5.41, 5.74) is 1.43. The van der Waals surface area contributed by atoms with Crippen molar-refractivity contribution >= 4 is 36.4 Å². The van der Waals surface area contributed by atoms with Crippen molar-refractivity contribution in [2.24, 2.45) is 5.41 Å². The van der Waals surface area contributed by atoms with Crippen LogP contribution >= 0.6 is 7.60 Å². The van der Waals surface area contributed by atoms with Crippen LogP contribution in [0.3, 0.4) is 0 Å². The van der Waals surface area contributed by atoms with Crippen LogP contribution in [0.2, 0.25) is 0 Å². The molecule has 3 amide bonds. The highest BCUT2D eigenvalue weighted by Gasteiger charge is 2.47. The molecule has 2 heterocycles. The molecule has 1 aliphatic heterocycles. The van der Waals surface area contributed by atoms with E-state index in [1.54, 1.807) is 21.0 Å². The Morgan fingerprint density at radius 3 is 2.31 bits per heavy atom. The third-order valence-electron chi connectivity index (χ3n) is 9.84. The smallest absolute Gasteiger partial charge is 0.408 e. The minimum atomic E-state index is -3.83. The summed E-state index contributed by atoms with van der Waals surface area (Å²) in [6, 6.07) is 14.9. The predicted octanol–water partition coefficient (Wildman–Crippen LogP) is 7.63. The van der Waals surface area contributed by atoms with Crippen molar-refractivity contribution in [1.82, 2.24) is 20.5 Å². The number of nitrogens with zero attached hydrogens (tertiary/aromatic N) is 2. The van der Waals surface area contributed by atoms with Crippen LogP contribution in [-0.2, 0) is 27.9 Å². The minimum absolute atomic E-state index is 0.0181. The summed E-state index contributed by atoms with van der Waals surface area (Å²) in [4.78, 5) is 48.6. The van der Waals surface area contributed by atoms with Crippen molar-refractivity contribution < 1.29 is 42.2 Å². The summed E-state index contributed by atoms with van der Waals surface area (Å²) >= 11 is 0. The first-order valence-corrected chi connectivity index (χ1v) is 20.7. The molecule has 0 spiro atoms. The number of methoxy groups -OCH3 is 1. The molecule has 1 saturated carbocycles. The highest BCUT2D eigenvalue weighted by molar-refractivity contribution is 7.54. The van der Waals surface area contributed by atoms with Crippen molar-refractivity contribution in [2.45, 2.75) is 103 Å². The van der Waals surface area contributed by atoms with Gasteiger partial charge in [-0.15, -0.1) is 6.58 Å². The fraction of sp³-hybridized carbons (Fsp3) is 0.512. The quantitative estimate of drug-likeness (QED) is 0.110. The third-order valence-corrected chi connectivity index (χ3v) is 12.2. The molecule has 13 nitrogen and oxygen atoms in total. The van der Waals surface area contributed by atoms with Gasteiger partial charge in [0, 0.05) is 29.5 Å². The van der Waals surface area contributed by atoms with E-state index in [0.29, 0.717) is 22.7 Å². The van der Waals surface area contributed by atoms with E-state index in [1.807, 2.05) is 75.4 Å². The molecule has 298 valence electrons. The normalized spacial score (nSPS) is 18.8. The van der Waals surface area contributed by atoms with Crippen LogP contribution in [-0.4, -0.2) is 84.7 Å². The molecule has 55 heavy (non-hydrogen) atoms. The van der Waals surface area contributed by atoms with Crippen molar-refractivity contribution in [3.05, 3.63) is 67.3 Å². The highest BCUT2D eigenvalue weighted by Crippen LogP contribution is 2.53. The summed E-state index contributed by atoms with van der Waals surface area (Å²) in [6.07, 6.45) is 3.67. The summed E-state index contributed by atoms with van der Waals surface area (Å²) in [5, 5.41) is 6.41. The number of benzene rings is 2. The van der Waals surface area contributed by atoms with E-state index in [2.05, 4.69) is 17.2 Å². The number of rotatable bonds is 16. The molecule has 1 unspecified atom stereocenters. The number of hydrogen-bond donors (Lipinski definition) is 2. The average Bonchev–Trinajstić information content (AvgIpc) is 3.83. The zero-order valence-electron chi connectivity index (χ0n) is 32.7. The first-order valence-electron chi connectivity index (χ1n) is 19.1. The fourth-order valence-corrected chi connectivity index (χ4v) is 8.95. The lowest BCUT2D eigenvalue weighted by Gasteiger charge is -2.35. The van der Waals surface area contributed by atoms with Gasteiger partial charge in [0.25, 0.3) is 0 Å². The number of carbonyl (C=O) groups is 3. The lowest BCUT2D eigenvalue weighted by molar-refractivity contribution is -0.142. The van der Waals surface area contributed by atoms with Gasteiger partial charge in [0.1, 0.15) is 41.6 Å². The molecule has 2 aromatic carbocycles. The second-order valence-corrected chi connectivity index (χ2v) is 17.1. The maximum absolute atomic E-state index is 14.7. The van der Waals surface area contributed by atoms with Crippen LogP contribution in [0.25, 0.3) is 22.2 Å². The number of ether oxygens (including phenoxy) is 3. The van der Waals surface area contributed by atoms with Crippen LogP contribution in [0.15, 0.2) is 67.3 Å². The van der Waals surface area contributed by atoms with Crippen molar-refractivity contribution in [3.8, 4) is 22.8 Å². The first-order chi connectivity index (χ1) is 26.3. The van der Waals surface area contributed by atoms with Gasteiger partial charge in [-0.05, 0) is 63.5 Å². The second-order valence-electron chi connectivity index (χ2n) is 14.9. The Kier molecular flexibility index (Phi) is 14.0. The van der Waals surface area contributed by atoms with Crippen molar-refractivity contribution in [3.63, 3.8) is 0 Å². The predicted molar refractivity (Wildman–Crippen MR) is 211 cm³/mol. The molecule has 2 fully saturated rings. The molecule has 2 aliphatic rings. The molecule has 5 rings (SSSR count). The summed E-state index contributed by atoms with van der Waals surface area (Å²) < 4.78 is 43.0. The second kappa shape index (κ2) is 18.5. The summed E-state index contributed by atoms with van der Waals surface area (Å²) in [7, 11) is -2.24. The zero-order chi connectivity index (χ0) is 39.8. The van der Waals surface area contributed by atoms with Gasteiger partial charge in [0.2, 0.25) is 11.8 Å². The van der Waals surface area contributed by atoms with E-state index in [1.165, 1.54) is 11.0 Å². The van der Waals surface area contributed by atoms with E-state index in [4.69, 9.17) is 28.2 Å². The molecule has 3 aromatic rings. The first kappa shape index (κ1) is 41.7. The monoisotopic (exact) mass is 778 g/mol. The number of hydrogen-bond acceptors (Lipinski definition) is 10. The van der Waals surface area contributed by atoms with Crippen molar-refractivity contribution in [2.75, 3.05) is 26.9 Å². The van der Waals surface area contributed by atoms with E-state index in [0.717, 1.165) is 36.6 Å². The van der Waals surface area contributed by atoms with Gasteiger partial charge in [-0.1, -0.05) is 57.2 Å². The van der Waals surface area contributed by atoms with Crippen LogP contribution < -0.4 is 20.1 Å². The molecule has 2 N–H and O–H groups in total. The summed E-state index contributed by atoms with van der Waals surface area (Å²) in [6.45, 7) is 12.9. The standard InChI is InChI=1S/C41H55N4O9P/c1-8-16-36(55(49,51-9-2)52-10-3)43-38(46)34-24-30(26-45(34)39(47)37(41(4,5)6)44-40(48)54-28-19-14-15-20-28)53-35-25-32(27-17-12-11-13-18-27)42-33-23-29(50-7)21-22-31(33)35/h8,11-13,17-18,21-23,25,28,30,34,36-37H,1,9-10,14-16,19-20,24,26H2,2-7H3,(H,43,46)(H,44,48)/t30-,34+,36?,37-/m1/s1. The lowest BCUT2D eigenvalue weighted by atomic mass is 9.85. The SMILES string of the molecule is C=CCC(NC(=O)[C@@H]1C[C@@H](Oc2cc(-c3ccccc3)nc3cc(OC)ccc23)CN1C(=O)[C@@H](NC(=O)OC1CCCC1)C(C)(C)C)P(=O)(OCC)OCC. The van der Waals surface area contributed by atoms with Gasteiger partial charge in [-0.3, -0.25) is 14.2 Å². The van der Waals surface area contributed by atoms with Gasteiger partial charge in [-0.25, -0.2) is 9.78 Å². The Labute approximate surface area is 324 Å². The molecule has 0 radical (unpaired) electrons. The minimum Gasteiger partial charge on any atom is -0.497 e. The Bertz CT molecular complexity index is 1850. The maximum atomic E-state index is 14.7. The molecule has 4 atom stereocenters. The lowest BCUT2D eigenvalue weighted by Crippen LogP contribution is -2.58. The van der Waals surface area contributed by atoms with Crippen LogP contribution in [0, 0.1) is 5.41 Å². The van der Waals surface area contributed by atoms with E-state index in [-0.39, 0.29) is 38.7 Å². The number of nitrogens with one attached hydrogen (secondary N) is 2.